The van der Waals surface area contributed by atoms with Crippen LogP contribution >= 0.6 is 0 Å². The number of hydrogen-bond donors (Lipinski definition) is 0. The van der Waals surface area contributed by atoms with Crippen LogP contribution in [0.2, 0.25) is 0 Å². The summed E-state index contributed by atoms with van der Waals surface area (Å²) < 4.78 is 28.8. The van der Waals surface area contributed by atoms with Gasteiger partial charge in [0.25, 0.3) is 5.91 Å². The minimum Gasteiger partial charge on any atom is -0.493 e. The molecule has 0 bridgehead atoms. The van der Waals surface area contributed by atoms with Gasteiger partial charge in [-0.2, -0.15) is 0 Å². The standard InChI is InChI=1S/C40H52N2O6/c1-8-26-23-41-15-13-28-19-36(44-4)38(46-6)21-32(28)34(41)17-30(26)18-35-33-22-39(47-7)37(45-5)20-29(33)14-16-42(35)40(43)27-9-11-31(12-10-27)48-24-25(2)3/h9-12,19-22,25-26,30,34-35H,8,13-18,23-24H2,1-7H3/t26-,30+,34+,35-/m1/s1. The number of ether oxygens (including phenoxy) is 5. The van der Waals surface area contributed by atoms with E-state index in [0.717, 1.165) is 73.8 Å². The molecule has 1 saturated heterocycles. The van der Waals surface area contributed by atoms with Crippen LogP contribution in [0.3, 0.4) is 0 Å². The average Bonchev–Trinajstić information content (AvgIpc) is 3.12. The highest BCUT2D eigenvalue weighted by atomic mass is 16.5. The molecule has 0 unspecified atom stereocenters. The van der Waals surface area contributed by atoms with Crippen LogP contribution in [0.15, 0.2) is 48.5 Å². The molecular weight excluding hydrogens is 604 g/mol. The quantitative estimate of drug-likeness (QED) is 0.211. The summed E-state index contributed by atoms with van der Waals surface area (Å²) >= 11 is 0. The van der Waals surface area contributed by atoms with E-state index in [9.17, 15) is 4.79 Å². The number of hydrogen-bond acceptors (Lipinski definition) is 7. The number of methoxy groups -OCH3 is 4. The van der Waals surface area contributed by atoms with Crippen molar-refractivity contribution in [3.8, 4) is 28.7 Å². The summed E-state index contributed by atoms with van der Waals surface area (Å²) in [5.74, 6) is 5.23. The SMILES string of the molecule is CC[C@@H]1CN2CCc3cc(OC)c(OC)cc3[C@@H]2C[C@H]1C[C@@H]1c2cc(OC)c(OC)cc2CCN1C(=O)c1ccc(OCC(C)C)cc1. The van der Waals surface area contributed by atoms with E-state index in [-0.39, 0.29) is 11.9 Å². The summed E-state index contributed by atoms with van der Waals surface area (Å²) in [5, 5.41) is 0. The van der Waals surface area contributed by atoms with Crippen LogP contribution in [0, 0.1) is 17.8 Å². The third-order valence-corrected chi connectivity index (χ3v) is 10.8. The molecule has 0 N–H and O–H groups in total. The van der Waals surface area contributed by atoms with Crippen LogP contribution in [0.4, 0.5) is 0 Å². The number of fused-ring (bicyclic) bond motifs is 4. The number of amides is 1. The molecule has 6 rings (SSSR count). The van der Waals surface area contributed by atoms with E-state index in [1.807, 2.05) is 24.3 Å². The molecule has 4 atom stereocenters. The monoisotopic (exact) mass is 656 g/mol. The predicted molar refractivity (Wildman–Crippen MR) is 188 cm³/mol. The molecule has 0 spiro atoms. The Morgan fingerprint density at radius 2 is 1.38 bits per heavy atom. The summed E-state index contributed by atoms with van der Waals surface area (Å²) in [5.41, 5.74) is 5.77. The normalized spacial score (nSPS) is 22.0. The number of carbonyl (C=O) groups excluding carboxylic acids is 1. The summed E-state index contributed by atoms with van der Waals surface area (Å²) in [6.45, 7) is 9.97. The van der Waals surface area contributed by atoms with Gasteiger partial charge in [-0.1, -0.05) is 27.2 Å². The zero-order chi connectivity index (χ0) is 33.9. The van der Waals surface area contributed by atoms with Gasteiger partial charge >= 0.3 is 0 Å². The summed E-state index contributed by atoms with van der Waals surface area (Å²) in [6, 6.07) is 16.5. The van der Waals surface area contributed by atoms with Crippen molar-refractivity contribution in [2.24, 2.45) is 17.8 Å². The van der Waals surface area contributed by atoms with E-state index in [2.05, 4.69) is 54.8 Å². The van der Waals surface area contributed by atoms with Gasteiger partial charge in [0.1, 0.15) is 5.75 Å². The highest BCUT2D eigenvalue weighted by Crippen LogP contribution is 2.49. The zero-order valence-corrected chi connectivity index (χ0v) is 29.7. The number of nitrogens with zero attached hydrogens (tertiary/aromatic N) is 2. The second kappa shape index (κ2) is 14.7. The van der Waals surface area contributed by atoms with Crippen molar-refractivity contribution in [3.05, 3.63) is 76.3 Å². The maximum atomic E-state index is 14.4. The van der Waals surface area contributed by atoms with Crippen LogP contribution in [-0.2, 0) is 12.8 Å². The largest absolute Gasteiger partial charge is 0.493 e. The number of rotatable bonds is 11. The van der Waals surface area contributed by atoms with Crippen LogP contribution in [-0.4, -0.2) is 70.4 Å². The topological polar surface area (TPSA) is 69.7 Å². The van der Waals surface area contributed by atoms with Crippen molar-refractivity contribution in [3.63, 3.8) is 0 Å². The summed E-state index contributed by atoms with van der Waals surface area (Å²) in [4.78, 5) is 19.2. The van der Waals surface area contributed by atoms with Gasteiger partial charge in [0.15, 0.2) is 23.0 Å². The number of carbonyl (C=O) groups is 1. The van der Waals surface area contributed by atoms with E-state index < -0.39 is 0 Å². The van der Waals surface area contributed by atoms with E-state index in [4.69, 9.17) is 23.7 Å². The van der Waals surface area contributed by atoms with Crippen LogP contribution in [0.5, 0.6) is 28.7 Å². The Morgan fingerprint density at radius 3 is 1.98 bits per heavy atom. The van der Waals surface area contributed by atoms with Crippen LogP contribution < -0.4 is 23.7 Å². The van der Waals surface area contributed by atoms with Gasteiger partial charge in [-0.05, 0) is 114 Å². The fourth-order valence-corrected chi connectivity index (χ4v) is 8.19. The van der Waals surface area contributed by atoms with Crippen molar-refractivity contribution in [2.75, 3.05) is 54.7 Å². The molecule has 3 heterocycles. The second-order valence-corrected chi connectivity index (χ2v) is 14.0. The number of benzene rings is 3. The van der Waals surface area contributed by atoms with Gasteiger partial charge in [-0.3, -0.25) is 9.69 Å². The summed E-state index contributed by atoms with van der Waals surface area (Å²) in [6.07, 6.45) is 4.79. The Balaban J connectivity index is 1.34. The van der Waals surface area contributed by atoms with Gasteiger partial charge in [0, 0.05) is 31.2 Å². The maximum absolute atomic E-state index is 14.4. The molecule has 1 fully saturated rings. The maximum Gasteiger partial charge on any atom is 0.254 e. The molecule has 1 amide bonds. The molecule has 0 aliphatic carbocycles. The minimum absolute atomic E-state index is 0.0566. The third-order valence-electron chi connectivity index (χ3n) is 10.8. The van der Waals surface area contributed by atoms with Gasteiger partial charge in [0.05, 0.1) is 41.1 Å². The first-order chi connectivity index (χ1) is 23.3. The van der Waals surface area contributed by atoms with E-state index in [1.165, 1.54) is 16.7 Å². The Kier molecular flexibility index (Phi) is 10.4. The fourth-order valence-electron chi connectivity index (χ4n) is 8.19. The van der Waals surface area contributed by atoms with Crippen molar-refractivity contribution in [1.29, 1.82) is 0 Å². The first-order valence-corrected chi connectivity index (χ1v) is 17.6. The lowest BCUT2D eigenvalue weighted by atomic mass is 9.72. The molecule has 8 nitrogen and oxygen atoms in total. The van der Waals surface area contributed by atoms with Crippen molar-refractivity contribution < 1.29 is 28.5 Å². The van der Waals surface area contributed by atoms with Crippen molar-refractivity contribution in [2.45, 2.75) is 65.0 Å². The lowest BCUT2D eigenvalue weighted by Gasteiger charge is -2.49. The Morgan fingerprint density at radius 1 is 0.792 bits per heavy atom. The molecule has 3 aliphatic heterocycles. The predicted octanol–water partition coefficient (Wildman–Crippen LogP) is 7.53. The minimum atomic E-state index is -0.0861. The lowest BCUT2D eigenvalue weighted by molar-refractivity contribution is 0.0287. The van der Waals surface area contributed by atoms with Gasteiger partial charge in [0.2, 0.25) is 0 Å². The number of piperidine rings is 1. The zero-order valence-electron chi connectivity index (χ0n) is 29.7. The molecule has 0 aromatic heterocycles. The highest BCUT2D eigenvalue weighted by Gasteiger charge is 2.42. The van der Waals surface area contributed by atoms with Gasteiger partial charge in [-0.15, -0.1) is 0 Å². The van der Waals surface area contributed by atoms with E-state index in [1.54, 1.807) is 28.4 Å². The van der Waals surface area contributed by atoms with E-state index in [0.29, 0.717) is 48.3 Å². The summed E-state index contributed by atoms with van der Waals surface area (Å²) in [7, 11) is 6.78. The highest BCUT2D eigenvalue weighted by molar-refractivity contribution is 5.95. The molecule has 3 aliphatic rings. The van der Waals surface area contributed by atoms with Crippen LogP contribution in [0.1, 0.15) is 84.7 Å². The van der Waals surface area contributed by atoms with Gasteiger partial charge in [-0.25, -0.2) is 0 Å². The lowest BCUT2D eigenvalue weighted by Crippen LogP contribution is -2.47. The first-order valence-electron chi connectivity index (χ1n) is 17.6. The third kappa shape index (κ3) is 6.69. The molecule has 48 heavy (non-hydrogen) atoms. The van der Waals surface area contributed by atoms with Crippen LogP contribution in [0.25, 0.3) is 0 Å². The molecule has 3 aromatic carbocycles. The average molecular weight is 657 g/mol. The van der Waals surface area contributed by atoms with Crippen molar-refractivity contribution >= 4 is 5.91 Å². The fraction of sp³-hybridized carbons (Fsp3) is 0.525. The first kappa shape index (κ1) is 34.0. The molecule has 8 heteroatoms. The Bertz CT molecular complexity index is 1590. The van der Waals surface area contributed by atoms with E-state index >= 15 is 0 Å². The molecule has 0 radical (unpaired) electrons. The molecular formula is C40H52N2O6. The van der Waals surface area contributed by atoms with Crippen molar-refractivity contribution in [1.82, 2.24) is 9.80 Å². The Labute approximate surface area is 286 Å². The molecule has 258 valence electrons. The molecule has 0 saturated carbocycles. The Hall–Kier alpha value is -3.91. The molecule has 3 aromatic rings. The van der Waals surface area contributed by atoms with Gasteiger partial charge < -0.3 is 28.6 Å². The smallest absolute Gasteiger partial charge is 0.254 e. The second-order valence-electron chi connectivity index (χ2n) is 14.0.